The summed E-state index contributed by atoms with van der Waals surface area (Å²) in [4.78, 5) is 7.86. The van der Waals surface area contributed by atoms with E-state index in [0.29, 0.717) is 0 Å². The van der Waals surface area contributed by atoms with Crippen LogP contribution >= 0.6 is 0 Å². The van der Waals surface area contributed by atoms with Crippen molar-refractivity contribution >= 4 is 0 Å². The second-order valence-electron chi connectivity index (χ2n) is 1.65. The predicted molar refractivity (Wildman–Crippen MR) is 31.2 cm³/mol. The third-order valence-electron chi connectivity index (χ3n) is 0.805. The molecule has 0 aromatic carbocycles. The van der Waals surface area contributed by atoms with Gasteiger partial charge in [0.2, 0.25) is 0 Å². The average molecular weight is 107 g/mol. The maximum Gasteiger partial charge on any atom is 0.0593 e. The summed E-state index contributed by atoms with van der Waals surface area (Å²) in [5.41, 5.74) is 1.64. The Morgan fingerprint density at radius 3 is 2.62 bits per heavy atom. The van der Waals surface area contributed by atoms with Gasteiger partial charge in [-0.25, -0.2) is 0 Å². The van der Waals surface area contributed by atoms with E-state index in [1.807, 2.05) is 6.92 Å². The summed E-state index contributed by atoms with van der Waals surface area (Å²) in [6.07, 6.45) is 3.34. The van der Waals surface area contributed by atoms with Crippen molar-refractivity contribution in [1.82, 2.24) is 9.97 Å². The van der Waals surface area contributed by atoms with Crippen LogP contribution in [0.25, 0.3) is 0 Å². The molecule has 0 spiro atoms. The first-order valence-corrected chi connectivity index (χ1v) is 2.39. The fourth-order valence-corrected chi connectivity index (χ4v) is 0.515. The van der Waals surface area contributed by atoms with Gasteiger partial charge in [-0.3, -0.25) is 9.97 Å². The molecule has 0 aliphatic carbocycles. The highest BCUT2D eigenvalue weighted by atomic mass is 14.8. The zero-order valence-electron chi connectivity index (χ0n) is 4.76. The fourth-order valence-electron chi connectivity index (χ4n) is 0.515. The highest BCUT2D eigenvalue weighted by Gasteiger charge is 1.83. The number of hydrogen-bond donors (Lipinski definition) is 0. The lowest BCUT2D eigenvalue weighted by Crippen LogP contribution is -1.85. The van der Waals surface area contributed by atoms with E-state index >= 15 is 0 Å². The van der Waals surface area contributed by atoms with E-state index in [-0.39, 0.29) is 0 Å². The third-order valence-corrected chi connectivity index (χ3v) is 0.805. The van der Waals surface area contributed by atoms with Crippen molar-refractivity contribution in [1.29, 1.82) is 0 Å². The van der Waals surface area contributed by atoms with Gasteiger partial charge in [0, 0.05) is 12.4 Å². The minimum absolute atomic E-state index is 0.727. The monoisotopic (exact) mass is 107 g/mol. The summed E-state index contributed by atoms with van der Waals surface area (Å²) >= 11 is 0. The van der Waals surface area contributed by atoms with Gasteiger partial charge in [-0.1, -0.05) is 0 Å². The molecule has 8 heavy (non-hydrogen) atoms. The molecule has 0 unspecified atom stereocenters. The Balaban J connectivity index is 3.08. The van der Waals surface area contributed by atoms with Crippen molar-refractivity contribution in [2.75, 3.05) is 0 Å². The summed E-state index contributed by atoms with van der Waals surface area (Å²) in [6.45, 7) is 5.50. The Morgan fingerprint density at radius 1 is 1.50 bits per heavy atom. The molecule has 2 nitrogen and oxygen atoms in total. The van der Waals surface area contributed by atoms with Crippen LogP contribution in [0.4, 0.5) is 0 Å². The molecule has 1 heterocycles. The van der Waals surface area contributed by atoms with Gasteiger partial charge in [0.15, 0.2) is 0 Å². The minimum atomic E-state index is 0.727. The largest absolute Gasteiger partial charge is 0.261 e. The van der Waals surface area contributed by atoms with E-state index in [2.05, 4.69) is 16.9 Å². The quantitative estimate of drug-likeness (QED) is 0.493. The van der Waals surface area contributed by atoms with Crippen molar-refractivity contribution in [2.45, 2.75) is 6.92 Å². The summed E-state index contributed by atoms with van der Waals surface area (Å²) < 4.78 is 0. The molecule has 0 atom stereocenters. The van der Waals surface area contributed by atoms with Crippen molar-refractivity contribution < 1.29 is 0 Å². The smallest absolute Gasteiger partial charge is 0.0593 e. The molecule has 1 radical (unpaired) electrons. The Bertz CT molecular complexity index is 166. The van der Waals surface area contributed by atoms with Crippen LogP contribution < -0.4 is 0 Å². The number of aromatic nitrogens is 2. The molecular formula is C6H7N2. The van der Waals surface area contributed by atoms with Crippen molar-refractivity contribution in [3.8, 4) is 0 Å². The molecule has 0 saturated heterocycles. The highest BCUT2D eigenvalue weighted by Crippen LogP contribution is 1.89. The second kappa shape index (κ2) is 1.90. The van der Waals surface area contributed by atoms with Gasteiger partial charge in [0.05, 0.1) is 11.4 Å². The molecule has 1 aromatic heterocycles. The van der Waals surface area contributed by atoms with Crippen LogP contribution in [0.3, 0.4) is 0 Å². The zero-order chi connectivity index (χ0) is 5.98. The number of rotatable bonds is 0. The SMILES string of the molecule is [CH2]c1cncc(C)n1. The fraction of sp³-hybridized carbons (Fsp3) is 0.167. The standard InChI is InChI=1S/C6H7N2/c1-5-3-7-4-6(2)8-5/h3-4H,1H2,2H3. The molecule has 0 aliphatic rings. The van der Waals surface area contributed by atoms with Gasteiger partial charge in [0.1, 0.15) is 0 Å². The molecule has 1 aromatic rings. The van der Waals surface area contributed by atoms with Crippen LogP contribution in [0.1, 0.15) is 11.4 Å². The van der Waals surface area contributed by atoms with Crippen LogP contribution in [0.15, 0.2) is 12.4 Å². The third kappa shape index (κ3) is 1.03. The minimum Gasteiger partial charge on any atom is -0.261 e. The summed E-state index contributed by atoms with van der Waals surface area (Å²) in [6, 6.07) is 0. The van der Waals surface area contributed by atoms with Crippen molar-refractivity contribution in [2.24, 2.45) is 0 Å². The molecule has 0 N–H and O–H groups in total. The van der Waals surface area contributed by atoms with Gasteiger partial charge >= 0.3 is 0 Å². The van der Waals surface area contributed by atoms with Gasteiger partial charge < -0.3 is 0 Å². The van der Waals surface area contributed by atoms with Crippen LogP contribution in [0.2, 0.25) is 0 Å². The summed E-state index contributed by atoms with van der Waals surface area (Å²) in [7, 11) is 0. The number of hydrogen-bond acceptors (Lipinski definition) is 2. The number of nitrogens with zero attached hydrogens (tertiary/aromatic N) is 2. The molecule has 0 fully saturated rings. The topological polar surface area (TPSA) is 25.8 Å². The first-order chi connectivity index (χ1) is 3.79. The Kier molecular flexibility index (Phi) is 1.24. The highest BCUT2D eigenvalue weighted by molar-refractivity contribution is 5.03. The Morgan fingerprint density at radius 2 is 2.25 bits per heavy atom. The van der Waals surface area contributed by atoms with Crippen molar-refractivity contribution in [3.63, 3.8) is 0 Å². The first-order valence-electron chi connectivity index (χ1n) is 2.39. The van der Waals surface area contributed by atoms with Crippen LogP contribution in [-0.2, 0) is 0 Å². The van der Waals surface area contributed by atoms with E-state index in [9.17, 15) is 0 Å². The normalized spacial score (nSPS) is 9.25. The lowest BCUT2D eigenvalue weighted by molar-refractivity contribution is 1.09. The first kappa shape index (κ1) is 5.22. The average Bonchev–Trinajstić information content (AvgIpc) is 1.64. The van der Waals surface area contributed by atoms with E-state index in [1.165, 1.54) is 0 Å². The van der Waals surface area contributed by atoms with Gasteiger partial charge in [-0.15, -0.1) is 0 Å². The summed E-state index contributed by atoms with van der Waals surface area (Å²) in [5, 5.41) is 0. The molecular weight excluding hydrogens is 100 g/mol. The van der Waals surface area contributed by atoms with E-state index < -0.39 is 0 Å². The second-order valence-corrected chi connectivity index (χ2v) is 1.65. The van der Waals surface area contributed by atoms with E-state index in [1.54, 1.807) is 12.4 Å². The number of aryl methyl sites for hydroxylation is 1. The van der Waals surface area contributed by atoms with E-state index in [4.69, 9.17) is 0 Å². The van der Waals surface area contributed by atoms with Gasteiger partial charge in [0.25, 0.3) is 0 Å². The summed E-state index contributed by atoms with van der Waals surface area (Å²) in [5.74, 6) is 0. The molecule has 0 amide bonds. The lowest BCUT2D eigenvalue weighted by atomic mass is 10.4. The zero-order valence-corrected chi connectivity index (χ0v) is 4.76. The predicted octanol–water partition coefficient (Wildman–Crippen LogP) is 0.967. The van der Waals surface area contributed by atoms with Crippen LogP contribution in [0, 0.1) is 13.8 Å². The van der Waals surface area contributed by atoms with Gasteiger partial charge in [-0.2, -0.15) is 0 Å². The molecule has 41 valence electrons. The van der Waals surface area contributed by atoms with Crippen LogP contribution in [0.5, 0.6) is 0 Å². The van der Waals surface area contributed by atoms with Gasteiger partial charge in [-0.05, 0) is 13.8 Å². The van der Waals surface area contributed by atoms with Crippen LogP contribution in [-0.4, -0.2) is 9.97 Å². The van der Waals surface area contributed by atoms with Crippen molar-refractivity contribution in [3.05, 3.63) is 30.7 Å². The van der Waals surface area contributed by atoms with E-state index in [0.717, 1.165) is 11.4 Å². The molecule has 1 rings (SSSR count). The Hall–Kier alpha value is -0.920. The maximum atomic E-state index is 4.00. The molecule has 2 heteroatoms. The molecule has 0 aliphatic heterocycles. The Labute approximate surface area is 48.6 Å². The molecule has 0 bridgehead atoms. The maximum absolute atomic E-state index is 4.00. The lowest BCUT2D eigenvalue weighted by Gasteiger charge is -1.89. The molecule has 0 saturated carbocycles.